The summed E-state index contributed by atoms with van der Waals surface area (Å²) >= 11 is 0. The lowest BCUT2D eigenvalue weighted by atomic mass is 10.2. The van der Waals surface area contributed by atoms with Gasteiger partial charge in [-0.05, 0) is 19.8 Å². The van der Waals surface area contributed by atoms with Crippen molar-refractivity contribution in [1.82, 2.24) is 15.1 Å². The molecule has 0 aromatic heterocycles. The third-order valence-electron chi connectivity index (χ3n) is 2.89. The molecule has 106 valence electrons. The molecule has 0 bridgehead atoms. The van der Waals surface area contributed by atoms with Crippen LogP contribution in [0.5, 0.6) is 0 Å². The molecule has 1 heterocycles. The van der Waals surface area contributed by atoms with Gasteiger partial charge in [-0.25, -0.2) is 4.79 Å². The maximum atomic E-state index is 11.6. The number of rotatable bonds is 7. The van der Waals surface area contributed by atoms with E-state index in [1.54, 1.807) is 7.05 Å². The zero-order chi connectivity index (χ0) is 14.3. The SMILES string of the molecule is C/C=C/CCNC(=O)CCCN1C(=O)CN(C)C1=O. The second kappa shape index (κ2) is 7.56. The maximum absolute atomic E-state index is 11.6. The van der Waals surface area contributed by atoms with Gasteiger partial charge in [0.15, 0.2) is 0 Å². The van der Waals surface area contributed by atoms with Gasteiger partial charge < -0.3 is 10.2 Å². The first-order valence-electron chi connectivity index (χ1n) is 6.49. The number of nitrogens with one attached hydrogen (secondary N) is 1. The molecular formula is C13H21N3O3. The van der Waals surface area contributed by atoms with Crippen molar-refractivity contribution in [3.05, 3.63) is 12.2 Å². The summed E-state index contributed by atoms with van der Waals surface area (Å²) in [6.07, 6.45) is 5.57. The largest absolute Gasteiger partial charge is 0.356 e. The van der Waals surface area contributed by atoms with Gasteiger partial charge in [0.1, 0.15) is 6.54 Å². The summed E-state index contributed by atoms with van der Waals surface area (Å²) in [7, 11) is 1.59. The highest BCUT2D eigenvalue weighted by molar-refractivity contribution is 6.01. The number of hydrogen-bond acceptors (Lipinski definition) is 3. The lowest BCUT2D eigenvalue weighted by molar-refractivity contribution is -0.126. The van der Waals surface area contributed by atoms with Gasteiger partial charge in [-0.1, -0.05) is 12.2 Å². The molecule has 6 nitrogen and oxygen atoms in total. The van der Waals surface area contributed by atoms with Crippen LogP contribution in [0.25, 0.3) is 0 Å². The number of carbonyl (C=O) groups is 3. The van der Waals surface area contributed by atoms with E-state index >= 15 is 0 Å². The van der Waals surface area contributed by atoms with Crippen molar-refractivity contribution in [3.8, 4) is 0 Å². The van der Waals surface area contributed by atoms with Crippen molar-refractivity contribution in [1.29, 1.82) is 0 Å². The molecule has 0 aromatic rings. The summed E-state index contributed by atoms with van der Waals surface area (Å²) in [6.45, 7) is 3.00. The first kappa shape index (κ1) is 15.2. The topological polar surface area (TPSA) is 69.7 Å². The average molecular weight is 267 g/mol. The van der Waals surface area contributed by atoms with E-state index in [2.05, 4.69) is 5.32 Å². The van der Waals surface area contributed by atoms with Crippen LogP contribution in [-0.4, -0.2) is 54.3 Å². The fraction of sp³-hybridized carbons (Fsp3) is 0.615. The summed E-state index contributed by atoms with van der Waals surface area (Å²) in [5.41, 5.74) is 0. The molecule has 0 spiro atoms. The zero-order valence-electron chi connectivity index (χ0n) is 11.5. The zero-order valence-corrected chi connectivity index (χ0v) is 11.5. The van der Waals surface area contributed by atoms with E-state index in [1.165, 1.54) is 9.80 Å². The molecule has 1 aliphatic rings. The molecule has 0 aromatic carbocycles. The van der Waals surface area contributed by atoms with E-state index in [4.69, 9.17) is 0 Å². The van der Waals surface area contributed by atoms with Crippen molar-refractivity contribution in [3.63, 3.8) is 0 Å². The van der Waals surface area contributed by atoms with Gasteiger partial charge in [0.25, 0.3) is 0 Å². The first-order valence-corrected chi connectivity index (χ1v) is 6.49. The number of likely N-dealkylation sites (N-methyl/N-ethyl adjacent to an activating group) is 1. The molecule has 0 saturated carbocycles. The van der Waals surface area contributed by atoms with Gasteiger partial charge in [0.05, 0.1) is 0 Å². The molecule has 1 rings (SSSR count). The van der Waals surface area contributed by atoms with Crippen molar-refractivity contribution < 1.29 is 14.4 Å². The van der Waals surface area contributed by atoms with Crippen LogP contribution >= 0.6 is 0 Å². The minimum atomic E-state index is -0.279. The Kier molecular flexibility index (Phi) is 6.05. The quantitative estimate of drug-likeness (QED) is 0.420. The predicted molar refractivity (Wildman–Crippen MR) is 71.4 cm³/mol. The van der Waals surface area contributed by atoms with Crippen molar-refractivity contribution in [2.45, 2.75) is 26.2 Å². The minimum Gasteiger partial charge on any atom is -0.356 e. The lowest BCUT2D eigenvalue weighted by Crippen LogP contribution is -2.33. The van der Waals surface area contributed by atoms with Crippen LogP contribution < -0.4 is 5.32 Å². The number of hydrogen-bond donors (Lipinski definition) is 1. The van der Waals surface area contributed by atoms with Crippen LogP contribution in [0, 0.1) is 0 Å². The van der Waals surface area contributed by atoms with E-state index in [9.17, 15) is 14.4 Å². The molecule has 1 fully saturated rings. The van der Waals surface area contributed by atoms with E-state index in [0.29, 0.717) is 25.9 Å². The Morgan fingerprint density at radius 2 is 2.16 bits per heavy atom. The van der Waals surface area contributed by atoms with Crippen LogP contribution in [0.4, 0.5) is 4.79 Å². The summed E-state index contributed by atoms with van der Waals surface area (Å²) in [5, 5.41) is 2.79. The minimum absolute atomic E-state index is 0.0445. The molecule has 4 amide bonds. The first-order chi connectivity index (χ1) is 9.06. The summed E-state index contributed by atoms with van der Waals surface area (Å²) < 4.78 is 0. The predicted octanol–water partition coefficient (Wildman–Crippen LogP) is 0.743. The molecule has 19 heavy (non-hydrogen) atoms. The highest BCUT2D eigenvalue weighted by Crippen LogP contribution is 2.08. The molecule has 0 aliphatic carbocycles. The fourth-order valence-corrected chi connectivity index (χ4v) is 1.84. The van der Waals surface area contributed by atoms with Gasteiger partial charge in [-0.15, -0.1) is 0 Å². The Morgan fingerprint density at radius 3 is 2.74 bits per heavy atom. The Bertz CT molecular complexity index is 379. The molecular weight excluding hydrogens is 246 g/mol. The Balaban J connectivity index is 2.18. The normalized spacial score (nSPS) is 15.7. The van der Waals surface area contributed by atoms with Gasteiger partial charge in [0.2, 0.25) is 11.8 Å². The molecule has 0 radical (unpaired) electrons. The lowest BCUT2D eigenvalue weighted by Gasteiger charge is -2.13. The molecule has 0 atom stereocenters. The van der Waals surface area contributed by atoms with Crippen LogP contribution in [0.15, 0.2) is 12.2 Å². The van der Waals surface area contributed by atoms with Crippen LogP contribution in [0.3, 0.4) is 0 Å². The maximum Gasteiger partial charge on any atom is 0.326 e. The highest BCUT2D eigenvalue weighted by Gasteiger charge is 2.32. The summed E-state index contributed by atoms with van der Waals surface area (Å²) in [5.74, 6) is -0.238. The van der Waals surface area contributed by atoms with Gasteiger partial charge in [0, 0.05) is 26.6 Å². The number of nitrogens with zero attached hydrogens (tertiary/aromatic N) is 2. The Labute approximate surface area is 113 Å². The van der Waals surface area contributed by atoms with E-state index in [1.807, 2.05) is 19.1 Å². The summed E-state index contributed by atoms with van der Waals surface area (Å²) in [6, 6.07) is -0.279. The van der Waals surface area contributed by atoms with Crippen molar-refractivity contribution >= 4 is 17.8 Å². The van der Waals surface area contributed by atoms with Crippen molar-refractivity contribution in [2.24, 2.45) is 0 Å². The standard InChI is InChI=1S/C13H21N3O3/c1-3-4-5-8-14-11(17)7-6-9-16-12(18)10-15(2)13(16)19/h3-4H,5-10H2,1-2H3,(H,14,17)/b4-3+. The number of imide groups is 1. The second-order valence-corrected chi connectivity index (χ2v) is 4.50. The number of carbonyl (C=O) groups excluding carboxylic acids is 3. The third-order valence-corrected chi connectivity index (χ3v) is 2.89. The molecule has 1 N–H and O–H groups in total. The van der Waals surface area contributed by atoms with Crippen LogP contribution in [0.2, 0.25) is 0 Å². The second-order valence-electron chi connectivity index (χ2n) is 4.50. The number of amides is 4. The van der Waals surface area contributed by atoms with E-state index in [0.717, 1.165) is 6.42 Å². The summed E-state index contributed by atoms with van der Waals surface area (Å²) in [4.78, 5) is 37.1. The Hall–Kier alpha value is -1.85. The third kappa shape index (κ3) is 4.73. The smallest absolute Gasteiger partial charge is 0.326 e. The average Bonchev–Trinajstić information content (AvgIpc) is 2.61. The van der Waals surface area contributed by atoms with Crippen LogP contribution in [0.1, 0.15) is 26.2 Å². The van der Waals surface area contributed by atoms with Gasteiger partial charge in [-0.3, -0.25) is 14.5 Å². The molecule has 1 aliphatic heterocycles. The molecule has 6 heteroatoms. The van der Waals surface area contributed by atoms with Crippen LogP contribution in [-0.2, 0) is 9.59 Å². The number of allylic oxidation sites excluding steroid dienone is 1. The van der Waals surface area contributed by atoms with E-state index < -0.39 is 0 Å². The number of urea groups is 1. The molecule has 0 unspecified atom stereocenters. The van der Waals surface area contributed by atoms with Crippen molar-refractivity contribution in [2.75, 3.05) is 26.7 Å². The fourth-order valence-electron chi connectivity index (χ4n) is 1.84. The van der Waals surface area contributed by atoms with Gasteiger partial charge in [-0.2, -0.15) is 0 Å². The molecule has 1 saturated heterocycles. The highest BCUT2D eigenvalue weighted by atomic mass is 16.2. The van der Waals surface area contributed by atoms with E-state index in [-0.39, 0.29) is 24.4 Å². The van der Waals surface area contributed by atoms with Gasteiger partial charge >= 0.3 is 6.03 Å². The monoisotopic (exact) mass is 267 g/mol. The Morgan fingerprint density at radius 1 is 1.42 bits per heavy atom.